The number of hydrogen-bond acceptors (Lipinski definition) is 4. The Morgan fingerprint density at radius 1 is 1.00 bits per heavy atom. The van der Waals surface area contributed by atoms with Gasteiger partial charge in [0.15, 0.2) is 0 Å². The highest BCUT2D eigenvalue weighted by Crippen LogP contribution is 2.08. The van der Waals surface area contributed by atoms with Crippen molar-refractivity contribution in [2.24, 2.45) is 0 Å². The highest BCUT2D eigenvalue weighted by molar-refractivity contribution is 6.17. The van der Waals surface area contributed by atoms with E-state index in [1.54, 1.807) is 0 Å². The molecule has 0 fully saturated rings. The van der Waals surface area contributed by atoms with Crippen LogP contribution in [0.3, 0.4) is 0 Å². The summed E-state index contributed by atoms with van der Waals surface area (Å²) in [5, 5.41) is 0. The van der Waals surface area contributed by atoms with Crippen molar-refractivity contribution in [2.45, 2.75) is 38.7 Å². The fourth-order valence-electron chi connectivity index (χ4n) is 1.45. The van der Waals surface area contributed by atoms with Crippen molar-refractivity contribution in [3.63, 3.8) is 0 Å². The van der Waals surface area contributed by atoms with E-state index < -0.39 is 5.97 Å². The van der Waals surface area contributed by atoms with E-state index in [-0.39, 0.29) is 25.4 Å². The fraction of sp³-hybridized carbons (Fsp3) is 0.467. The van der Waals surface area contributed by atoms with Gasteiger partial charge < -0.3 is 9.47 Å². The van der Waals surface area contributed by atoms with Crippen molar-refractivity contribution in [1.82, 2.24) is 0 Å². The first kappa shape index (κ1) is 16.5. The van der Waals surface area contributed by atoms with Gasteiger partial charge >= 0.3 is 11.9 Å². The molecular formula is C15H19ClO4. The second kappa shape index (κ2) is 9.37. The number of ether oxygens (including phenoxy) is 2. The predicted molar refractivity (Wildman–Crippen MR) is 76.3 cm³/mol. The number of alkyl halides is 1. The Balaban J connectivity index is 2.23. The van der Waals surface area contributed by atoms with Gasteiger partial charge in [-0.3, -0.25) is 9.59 Å². The van der Waals surface area contributed by atoms with E-state index in [0.717, 1.165) is 17.5 Å². The monoisotopic (exact) mass is 298 g/mol. The summed E-state index contributed by atoms with van der Waals surface area (Å²) < 4.78 is 9.95. The zero-order valence-electron chi connectivity index (χ0n) is 11.6. The third-order valence-corrected chi connectivity index (χ3v) is 2.89. The minimum absolute atomic E-state index is 0.0440. The number of esters is 2. The topological polar surface area (TPSA) is 52.6 Å². The maximum absolute atomic E-state index is 11.5. The quantitative estimate of drug-likeness (QED) is 0.546. The number of halogens is 1. The maximum Gasteiger partial charge on any atom is 0.306 e. The molecule has 0 aromatic heterocycles. The first-order valence-corrected chi connectivity index (χ1v) is 7.14. The van der Waals surface area contributed by atoms with E-state index in [4.69, 9.17) is 21.1 Å². The second-order valence-electron chi connectivity index (χ2n) is 4.33. The molecule has 0 N–H and O–H groups in total. The van der Waals surface area contributed by atoms with Gasteiger partial charge in [0.1, 0.15) is 6.61 Å². The standard InChI is InChI=1S/C15H19ClO4/c1-2-9-19-14(17)7-8-15(18)20-11-13-5-3-12(10-16)4-6-13/h3-6H,2,7-11H2,1H3. The van der Waals surface area contributed by atoms with Gasteiger partial charge in [0, 0.05) is 5.88 Å². The zero-order chi connectivity index (χ0) is 14.8. The molecule has 110 valence electrons. The lowest BCUT2D eigenvalue weighted by atomic mass is 10.2. The molecule has 0 bridgehead atoms. The number of carbonyl (C=O) groups is 2. The molecule has 4 nitrogen and oxygen atoms in total. The van der Waals surface area contributed by atoms with Gasteiger partial charge in [0.25, 0.3) is 0 Å². The number of rotatable bonds is 8. The van der Waals surface area contributed by atoms with Gasteiger partial charge in [-0.05, 0) is 17.5 Å². The Morgan fingerprint density at radius 3 is 2.10 bits per heavy atom. The maximum atomic E-state index is 11.5. The van der Waals surface area contributed by atoms with Crippen molar-refractivity contribution in [3.05, 3.63) is 35.4 Å². The normalized spacial score (nSPS) is 10.1. The van der Waals surface area contributed by atoms with Crippen molar-refractivity contribution in [3.8, 4) is 0 Å². The van der Waals surface area contributed by atoms with Gasteiger partial charge in [0.05, 0.1) is 19.4 Å². The third-order valence-electron chi connectivity index (χ3n) is 2.58. The van der Waals surface area contributed by atoms with E-state index in [0.29, 0.717) is 12.5 Å². The summed E-state index contributed by atoms with van der Waals surface area (Å²) in [4.78, 5) is 22.7. The molecule has 0 aliphatic heterocycles. The van der Waals surface area contributed by atoms with Crippen LogP contribution in [0.4, 0.5) is 0 Å². The third kappa shape index (κ3) is 6.57. The summed E-state index contributed by atoms with van der Waals surface area (Å²) in [5.74, 6) is -0.310. The van der Waals surface area contributed by atoms with Crippen LogP contribution in [0.5, 0.6) is 0 Å². The Labute approximate surface area is 124 Å². The van der Waals surface area contributed by atoms with Crippen LogP contribution in [0, 0.1) is 0 Å². The van der Waals surface area contributed by atoms with Crippen LogP contribution in [-0.4, -0.2) is 18.5 Å². The van der Waals surface area contributed by atoms with Crippen LogP contribution in [0.2, 0.25) is 0 Å². The number of carbonyl (C=O) groups excluding carboxylic acids is 2. The summed E-state index contributed by atoms with van der Waals surface area (Å²) in [6.07, 6.45) is 0.876. The van der Waals surface area contributed by atoms with Crippen molar-refractivity contribution in [1.29, 1.82) is 0 Å². The fourth-order valence-corrected chi connectivity index (χ4v) is 1.63. The van der Waals surface area contributed by atoms with Gasteiger partial charge in [-0.25, -0.2) is 0 Å². The van der Waals surface area contributed by atoms with Crippen molar-refractivity contribution < 1.29 is 19.1 Å². The van der Waals surface area contributed by atoms with E-state index >= 15 is 0 Å². The van der Waals surface area contributed by atoms with Crippen LogP contribution in [-0.2, 0) is 31.5 Å². The molecule has 0 aliphatic carbocycles. The SMILES string of the molecule is CCCOC(=O)CCC(=O)OCc1ccc(CCl)cc1. The van der Waals surface area contributed by atoms with Gasteiger partial charge in [-0.1, -0.05) is 31.2 Å². The van der Waals surface area contributed by atoms with Crippen molar-refractivity contribution >= 4 is 23.5 Å². The lowest BCUT2D eigenvalue weighted by molar-refractivity contribution is -0.151. The van der Waals surface area contributed by atoms with Crippen LogP contribution in [0.15, 0.2) is 24.3 Å². The summed E-state index contributed by atoms with van der Waals surface area (Å²) in [5.41, 5.74) is 1.90. The molecule has 0 amide bonds. The van der Waals surface area contributed by atoms with Crippen LogP contribution < -0.4 is 0 Å². The lowest BCUT2D eigenvalue weighted by Gasteiger charge is -2.06. The molecule has 0 aliphatic rings. The van der Waals surface area contributed by atoms with Gasteiger partial charge in [-0.15, -0.1) is 11.6 Å². The average Bonchev–Trinajstić information content (AvgIpc) is 2.49. The van der Waals surface area contributed by atoms with E-state index in [9.17, 15) is 9.59 Å². The van der Waals surface area contributed by atoms with Crippen LogP contribution in [0.25, 0.3) is 0 Å². The van der Waals surface area contributed by atoms with E-state index in [1.807, 2.05) is 31.2 Å². The second-order valence-corrected chi connectivity index (χ2v) is 4.60. The molecule has 0 radical (unpaired) electrons. The summed E-state index contributed by atoms with van der Waals surface area (Å²) >= 11 is 5.68. The number of hydrogen-bond donors (Lipinski definition) is 0. The lowest BCUT2D eigenvalue weighted by Crippen LogP contribution is -2.10. The molecular weight excluding hydrogens is 280 g/mol. The smallest absolute Gasteiger partial charge is 0.306 e. The van der Waals surface area contributed by atoms with Crippen LogP contribution in [0.1, 0.15) is 37.3 Å². The Hall–Kier alpha value is -1.55. The highest BCUT2D eigenvalue weighted by atomic mass is 35.5. The molecule has 0 heterocycles. The Morgan fingerprint density at radius 2 is 1.55 bits per heavy atom. The summed E-state index contributed by atoms with van der Waals surface area (Å²) in [6, 6.07) is 7.50. The van der Waals surface area contributed by atoms with Crippen molar-refractivity contribution in [2.75, 3.05) is 6.61 Å². The molecule has 0 unspecified atom stereocenters. The zero-order valence-corrected chi connectivity index (χ0v) is 12.3. The first-order chi connectivity index (χ1) is 9.65. The summed E-state index contributed by atoms with van der Waals surface area (Å²) in [6.45, 7) is 2.50. The molecule has 0 saturated heterocycles. The van der Waals surface area contributed by atoms with Gasteiger partial charge in [0.2, 0.25) is 0 Å². The molecule has 1 rings (SSSR count). The Bertz CT molecular complexity index is 428. The summed E-state index contributed by atoms with van der Waals surface area (Å²) in [7, 11) is 0. The molecule has 0 spiro atoms. The Kier molecular flexibility index (Phi) is 7.73. The predicted octanol–water partition coefficient (Wildman–Crippen LogP) is 3.20. The average molecular weight is 299 g/mol. The molecule has 20 heavy (non-hydrogen) atoms. The number of benzene rings is 1. The van der Waals surface area contributed by atoms with E-state index in [1.165, 1.54) is 0 Å². The first-order valence-electron chi connectivity index (χ1n) is 6.60. The molecule has 0 atom stereocenters. The van der Waals surface area contributed by atoms with Gasteiger partial charge in [-0.2, -0.15) is 0 Å². The largest absolute Gasteiger partial charge is 0.466 e. The molecule has 5 heteroatoms. The molecule has 0 saturated carbocycles. The minimum Gasteiger partial charge on any atom is -0.466 e. The van der Waals surface area contributed by atoms with Crippen LogP contribution >= 0.6 is 11.6 Å². The highest BCUT2D eigenvalue weighted by Gasteiger charge is 2.09. The van der Waals surface area contributed by atoms with E-state index in [2.05, 4.69) is 0 Å². The minimum atomic E-state index is -0.403. The molecule has 1 aromatic rings. The molecule has 1 aromatic carbocycles.